The van der Waals surface area contributed by atoms with Crippen molar-refractivity contribution < 1.29 is 17.9 Å². The lowest BCUT2D eigenvalue weighted by molar-refractivity contribution is -0.115. The zero-order valence-electron chi connectivity index (χ0n) is 10.4. The van der Waals surface area contributed by atoms with Crippen LogP contribution in [0.1, 0.15) is 19.4 Å². The van der Waals surface area contributed by atoms with Crippen LogP contribution in [0.2, 0.25) is 0 Å². The fraction of sp³-hybridized carbons (Fsp3) is 0.385. The topological polar surface area (TPSA) is 21.3 Å². The molecular formula is C13H13BrF3NO. The molecule has 1 heterocycles. The van der Waals surface area contributed by atoms with Crippen molar-refractivity contribution >= 4 is 27.7 Å². The average Bonchev–Trinajstić information content (AvgIpc) is 2.26. The first-order chi connectivity index (χ1) is 8.67. The van der Waals surface area contributed by atoms with Crippen molar-refractivity contribution in [3.05, 3.63) is 28.2 Å². The van der Waals surface area contributed by atoms with Gasteiger partial charge in [-0.1, -0.05) is 15.9 Å². The summed E-state index contributed by atoms with van der Waals surface area (Å²) in [5.74, 6) is 0.570. The van der Waals surface area contributed by atoms with Crippen molar-refractivity contribution in [2.24, 2.45) is 0 Å². The normalized spacial score (nSPS) is 17.3. The van der Waals surface area contributed by atoms with Crippen LogP contribution in [0.4, 0.5) is 18.9 Å². The molecule has 0 saturated carbocycles. The monoisotopic (exact) mass is 335 g/mol. The van der Waals surface area contributed by atoms with Gasteiger partial charge in [-0.3, -0.25) is 0 Å². The lowest BCUT2D eigenvalue weighted by Gasteiger charge is -2.31. The fourth-order valence-electron chi connectivity index (χ4n) is 1.69. The molecule has 2 nitrogen and oxygen atoms in total. The lowest BCUT2D eigenvalue weighted by Crippen LogP contribution is -2.30. The van der Waals surface area contributed by atoms with E-state index in [1.54, 1.807) is 18.2 Å². The average molecular weight is 336 g/mol. The van der Waals surface area contributed by atoms with E-state index >= 15 is 0 Å². The zero-order valence-corrected chi connectivity index (χ0v) is 12.0. The van der Waals surface area contributed by atoms with Crippen molar-refractivity contribution in [1.82, 2.24) is 0 Å². The van der Waals surface area contributed by atoms with Crippen LogP contribution in [-0.4, -0.2) is 18.3 Å². The zero-order chi connectivity index (χ0) is 14.3. The Balaban J connectivity index is 2.22. The van der Waals surface area contributed by atoms with Crippen LogP contribution in [-0.2, 0) is 0 Å². The number of ether oxygens (including phenoxy) is 1. The van der Waals surface area contributed by atoms with Crippen molar-refractivity contribution in [2.75, 3.05) is 11.9 Å². The molecule has 0 radical (unpaired) electrons. The second-order valence-electron chi connectivity index (χ2n) is 4.83. The summed E-state index contributed by atoms with van der Waals surface area (Å²) in [4.78, 5) is 0. The van der Waals surface area contributed by atoms with Crippen LogP contribution < -0.4 is 10.1 Å². The molecule has 1 aliphatic rings. The van der Waals surface area contributed by atoms with Gasteiger partial charge in [0.15, 0.2) is 0 Å². The number of halogens is 4. The number of fused-ring (bicyclic) bond motifs is 1. The smallest absolute Gasteiger partial charge is 0.405 e. The van der Waals surface area contributed by atoms with Crippen LogP contribution >= 0.6 is 15.9 Å². The molecule has 0 bridgehead atoms. The van der Waals surface area contributed by atoms with E-state index in [-0.39, 0.29) is 0 Å². The van der Waals surface area contributed by atoms with Gasteiger partial charge in [0.25, 0.3) is 0 Å². The maximum Gasteiger partial charge on any atom is 0.405 e. The summed E-state index contributed by atoms with van der Waals surface area (Å²) in [5.41, 5.74) is 0.706. The third-order valence-electron chi connectivity index (χ3n) is 2.73. The Kier molecular flexibility index (Phi) is 3.55. The SMILES string of the molecule is CC1(C)Oc2cc(NCC(F)(F)F)ccc2C=C1Br. The van der Waals surface area contributed by atoms with Crippen LogP contribution in [0.25, 0.3) is 6.08 Å². The van der Waals surface area contributed by atoms with E-state index in [9.17, 15) is 13.2 Å². The van der Waals surface area contributed by atoms with Gasteiger partial charge in [-0.25, -0.2) is 0 Å². The predicted octanol–water partition coefficient (Wildman–Crippen LogP) is 4.57. The fourth-order valence-corrected chi connectivity index (χ4v) is 2.02. The molecular weight excluding hydrogens is 323 g/mol. The number of hydrogen-bond acceptors (Lipinski definition) is 2. The molecule has 1 aliphatic heterocycles. The molecule has 1 aromatic carbocycles. The first kappa shape index (κ1) is 14.2. The molecule has 6 heteroatoms. The third-order valence-corrected chi connectivity index (χ3v) is 3.91. The predicted molar refractivity (Wildman–Crippen MR) is 72.6 cm³/mol. The third kappa shape index (κ3) is 3.43. The maximum absolute atomic E-state index is 12.1. The Morgan fingerprint density at radius 1 is 1.32 bits per heavy atom. The molecule has 0 amide bonds. The van der Waals surface area contributed by atoms with Crippen LogP contribution in [0, 0.1) is 0 Å². The van der Waals surface area contributed by atoms with Gasteiger partial charge in [-0.2, -0.15) is 13.2 Å². The molecule has 0 spiro atoms. The number of rotatable bonds is 2. The van der Waals surface area contributed by atoms with Gasteiger partial charge in [-0.05, 0) is 32.1 Å². The number of hydrogen-bond donors (Lipinski definition) is 1. The summed E-state index contributed by atoms with van der Waals surface area (Å²) in [7, 11) is 0. The molecule has 0 aliphatic carbocycles. The Morgan fingerprint density at radius 3 is 2.63 bits per heavy atom. The van der Waals surface area contributed by atoms with E-state index in [1.807, 2.05) is 19.9 Å². The molecule has 1 N–H and O–H groups in total. The summed E-state index contributed by atoms with van der Waals surface area (Å²) in [5, 5.41) is 2.34. The molecule has 0 unspecified atom stereocenters. The highest BCUT2D eigenvalue weighted by atomic mass is 79.9. The first-order valence-corrected chi connectivity index (χ1v) is 6.48. The summed E-state index contributed by atoms with van der Waals surface area (Å²) in [6.07, 6.45) is -2.33. The van der Waals surface area contributed by atoms with E-state index in [2.05, 4.69) is 21.2 Å². The molecule has 0 fully saturated rings. The van der Waals surface area contributed by atoms with E-state index in [0.717, 1.165) is 10.0 Å². The quantitative estimate of drug-likeness (QED) is 0.854. The Morgan fingerprint density at radius 2 is 2.00 bits per heavy atom. The minimum Gasteiger partial charge on any atom is -0.482 e. The number of alkyl halides is 3. The standard InChI is InChI=1S/C13H13BrF3NO/c1-12(2)11(14)5-8-3-4-9(6-10(8)19-12)18-7-13(15,16)17/h3-6,18H,7H2,1-2H3. The lowest BCUT2D eigenvalue weighted by atomic mass is 10.0. The number of anilines is 1. The van der Waals surface area contributed by atoms with Gasteiger partial charge >= 0.3 is 6.18 Å². The van der Waals surface area contributed by atoms with Gasteiger partial charge in [0.05, 0.1) is 0 Å². The number of nitrogens with one attached hydrogen (secondary N) is 1. The summed E-state index contributed by atoms with van der Waals surface area (Å²) in [6.45, 7) is 2.70. The second-order valence-corrected chi connectivity index (χ2v) is 5.68. The van der Waals surface area contributed by atoms with Crippen LogP contribution in [0.5, 0.6) is 5.75 Å². The summed E-state index contributed by atoms with van der Waals surface area (Å²) in [6, 6.07) is 4.91. The van der Waals surface area contributed by atoms with Crippen molar-refractivity contribution in [2.45, 2.75) is 25.6 Å². The molecule has 0 aromatic heterocycles. The highest BCUT2D eigenvalue weighted by Gasteiger charge is 2.29. The molecule has 2 rings (SSSR count). The second kappa shape index (κ2) is 4.74. The van der Waals surface area contributed by atoms with Crippen molar-refractivity contribution in [3.63, 3.8) is 0 Å². The van der Waals surface area contributed by atoms with Gasteiger partial charge in [0, 0.05) is 21.8 Å². The maximum atomic E-state index is 12.1. The van der Waals surface area contributed by atoms with E-state index in [0.29, 0.717) is 11.4 Å². The van der Waals surface area contributed by atoms with Gasteiger partial charge in [0.2, 0.25) is 0 Å². The van der Waals surface area contributed by atoms with Crippen LogP contribution in [0.15, 0.2) is 22.7 Å². The van der Waals surface area contributed by atoms with E-state index < -0.39 is 18.3 Å². The van der Waals surface area contributed by atoms with Gasteiger partial charge in [-0.15, -0.1) is 0 Å². The molecule has 1 aromatic rings. The minimum atomic E-state index is -4.24. The Bertz CT molecular complexity index is 523. The minimum absolute atomic E-state index is 0.387. The Labute approximate surface area is 117 Å². The van der Waals surface area contributed by atoms with Gasteiger partial charge in [0.1, 0.15) is 17.9 Å². The first-order valence-electron chi connectivity index (χ1n) is 5.69. The van der Waals surface area contributed by atoms with Crippen molar-refractivity contribution in [1.29, 1.82) is 0 Å². The molecule has 19 heavy (non-hydrogen) atoms. The highest BCUT2D eigenvalue weighted by molar-refractivity contribution is 9.11. The van der Waals surface area contributed by atoms with Crippen molar-refractivity contribution in [3.8, 4) is 5.75 Å². The summed E-state index contributed by atoms with van der Waals surface area (Å²) < 4.78 is 43.1. The van der Waals surface area contributed by atoms with E-state index in [4.69, 9.17) is 4.74 Å². The van der Waals surface area contributed by atoms with Crippen LogP contribution in [0.3, 0.4) is 0 Å². The van der Waals surface area contributed by atoms with E-state index in [1.165, 1.54) is 0 Å². The largest absolute Gasteiger partial charge is 0.482 e. The highest BCUT2D eigenvalue weighted by Crippen LogP contribution is 2.39. The molecule has 104 valence electrons. The Hall–Kier alpha value is -1.17. The summed E-state index contributed by atoms with van der Waals surface area (Å²) >= 11 is 3.43. The molecule has 0 saturated heterocycles. The number of benzene rings is 1. The molecule has 0 atom stereocenters. The van der Waals surface area contributed by atoms with Gasteiger partial charge < -0.3 is 10.1 Å².